The van der Waals surface area contributed by atoms with E-state index < -0.39 is 11.2 Å². The molecule has 26 heavy (non-hydrogen) atoms. The number of allylic oxidation sites excluding steroid dienone is 2. The number of aromatic amines is 1. The summed E-state index contributed by atoms with van der Waals surface area (Å²) in [6.07, 6.45) is 1.86. The van der Waals surface area contributed by atoms with E-state index >= 15 is 0 Å². The van der Waals surface area contributed by atoms with Crippen LogP contribution in [0.2, 0.25) is 0 Å². The second-order valence-electron chi connectivity index (χ2n) is 7.27. The van der Waals surface area contributed by atoms with Gasteiger partial charge in [0.2, 0.25) is 5.78 Å². The number of H-pyrrole nitrogens is 1. The number of benzene rings is 1. The third-order valence-corrected chi connectivity index (χ3v) is 4.19. The first-order valence-electron chi connectivity index (χ1n) is 8.75. The molecule has 0 aliphatic carbocycles. The summed E-state index contributed by atoms with van der Waals surface area (Å²) >= 11 is 0. The number of carbonyl (C=O) groups excluding carboxylic acids is 1. The fourth-order valence-corrected chi connectivity index (χ4v) is 3.06. The van der Waals surface area contributed by atoms with Crippen LogP contribution in [0.4, 0.5) is 0 Å². The monoisotopic (exact) mass is 354 g/mol. The Morgan fingerprint density at radius 2 is 1.69 bits per heavy atom. The van der Waals surface area contributed by atoms with E-state index in [9.17, 15) is 14.4 Å². The number of nitrogens with one attached hydrogen (secondary N) is 1. The Bertz CT molecular complexity index is 967. The van der Waals surface area contributed by atoms with Gasteiger partial charge in [-0.1, -0.05) is 42.7 Å². The number of hydrogen-bond acceptors (Lipinski definition) is 3. The van der Waals surface area contributed by atoms with Crippen LogP contribution in [0.25, 0.3) is 0 Å². The summed E-state index contributed by atoms with van der Waals surface area (Å²) in [5.41, 5.74) is 2.90. The van der Waals surface area contributed by atoms with Crippen LogP contribution in [0, 0.1) is 13.8 Å². The highest BCUT2D eigenvalue weighted by atomic mass is 16.2. The van der Waals surface area contributed by atoms with Gasteiger partial charge in [-0.25, -0.2) is 4.79 Å². The fourth-order valence-electron chi connectivity index (χ4n) is 3.06. The van der Waals surface area contributed by atoms with Gasteiger partial charge in [0.25, 0.3) is 5.56 Å². The highest BCUT2D eigenvalue weighted by molar-refractivity contribution is 6.09. The summed E-state index contributed by atoms with van der Waals surface area (Å²) in [6.45, 7) is 11.6. The third kappa shape index (κ3) is 4.10. The average molecular weight is 354 g/mol. The van der Waals surface area contributed by atoms with Crippen LogP contribution in [0.15, 0.2) is 39.4 Å². The Morgan fingerprint density at radius 3 is 2.19 bits per heavy atom. The number of aryl methyl sites for hydroxylation is 2. The summed E-state index contributed by atoms with van der Waals surface area (Å²) in [4.78, 5) is 40.5. The number of aromatic nitrogens is 2. The van der Waals surface area contributed by atoms with Gasteiger partial charge in [0.05, 0.1) is 0 Å². The van der Waals surface area contributed by atoms with Crippen LogP contribution >= 0.6 is 0 Å². The largest absolute Gasteiger partial charge is 0.329 e. The smallest absolute Gasteiger partial charge is 0.287 e. The lowest BCUT2D eigenvalue weighted by Gasteiger charge is -2.17. The van der Waals surface area contributed by atoms with E-state index in [4.69, 9.17) is 0 Å². The zero-order valence-electron chi connectivity index (χ0n) is 16.3. The molecular weight excluding hydrogens is 328 g/mol. The van der Waals surface area contributed by atoms with Gasteiger partial charge in [-0.3, -0.25) is 19.1 Å². The maximum absolute atomic E-state index is 13.3. The first kappa shape index (κ1) is 19.6. The van der Waals surface area contributed by atoms with Crippen LogP contribution < -0.4 is 11.2 Å². The normalized spacial score (nSPS) is 10.9. The summed E-state index contributed by atoms with van der Waals surface area (Å²) < 4.78 is 1.36. The standard InChI is InChI=1S/C21H26N2O3/c1-12(2)7-8-23-18(17(13(3)4)20(25)22-21(23)26)19(24)16-10-14(5)9-15(6)11-16/h7,9-11,13H,8H2,1-6H3,(H,22,25,26). The fraction of sp³-hybridized carbons (Fsp3) is 0.381. The van der Waals surface area contributed by atoms with Gasteiger partial charge in [0.1, 0.15) is 5.69 Å². The second-order valence-corrected chi connectivity index (χ2v) is 7.27. The van der Waals surface area contributed by atoms with Crippen molar-refractivity contribution in [3.63, 3.8) is 0 Å². The Labute approximate surface area is 153 Å². The van der Waals surface area contributed by atoms with Gasteiger partial charge >= 0.3 is 5.69 Å². The average Bonchev–Trinajstić information content (AvgIpc) is 2.50. The molecule has 0 unspecified atom stereocenters. The highest BCUT2D eigenvalue weighted by Crippen LogP contribution is 2.20. The lowest BCUT2D eigenvalue weighted by molar-refractivity contribution is 0.102. The van der Waals surface area contributed by atoms with E-state index in [1.54, 1.807) is 12.1 Å². The summed E-state index contributed by atoms with van der Waals surface area (Å²) in [6, 6.07) is 5.56. The summed E-state index contributed by atoms with van der Waals surface area (Å²) in [5.74, 6) is -0.493. The molecule has 1 aromatic carbocycles. The molecule has 0 amide bonds. The van der Waals surface area contributed by atoms with Gasteiger partial charge < -0.3 is 0 Å². The molecule has 0 fully saturated rings. The Balaban J connectivity index is 2.82. The van der Waals surface area contributed by atoms with Crippen molar-refractivity contribution in [3.05, 3.63) is 78.6 Å². The first-order valence-corrected chi connectivity index (χ1v) is 8.75. The molecule has 2 rings (SSSR count). The van der Waals surface area contributed by atoms with Crippen molar-refractivity contribution in [1.29, 1.82) is 0 Å². The van der Waals surface area contributed by atoms with Crippen molar-refractivity contribution < 1.29 is 4.79 Å². The number of carbonyl (C=O) groups is 1. The van der Waals surface area contributed by atoms with Crippen LogP contribution in [0.3, 0.4) is 0 Å². The van der Waals surface area contributed by atoms with E-state index in [1.807, 2.05) is 53.7 Å². The van der Waals surface area contributed by atoms with Gasteiger partial charge in [0, 0.05) is 17.7 Å². The van der Waals surface area contributed by atoms with Gasteiger partial charge in [-0.15, -0.1) is 0 Å². The number of ketones is 1. The third-order valence-electron chi connectivity index (χ3n) is 4.19. The minimum Gasteiger partial charge on any atom is -0.287 e. The molecular formula is C21H26N2O3. The molecule has 0 spiro atoms. The molecule has 0 saturated carbocycles. The van der Waals surface area contributed by atoms with Crippen LogP contribution in [0.5, 0.6) is 0 Å². The minimum atomic E-state index is -0.565. The number of nitrogens with zero attached hydrogens (tertiary/aromatic N) is 1. The van der Waals surface area contributed by atoms with Gasteiger partial charge in [-0.05, 0) is 45.7 Å². The molecule has 1 heterocycles. The molecule has 5 nitrogen and oxygen atoms in total. The number of rotatable bonds is 5. The van der Waals surface area contributed by atoms with E-state index in [1.165, 1.54) is 4.57 Å². The lowest BCUT2D eigenvalue weighted by Crippen LogP contribution is -2.37. The van der Waals surface area contributed by atoms with E-state index in [0.717, 1.165) is 16.7 Å². The number of hydrogen-bond donors (Lipinski definition) is 1. The quantitative estimate of drug-likeness (QED) is 0.660. The molecule has 5 heteroatoms. The maximum atomic E-state index is 13.3. The lowest BCUT2D eigenvalue weighted by atomic mass is 9.95. The van der Waals surface area contributed by atoms with Crippen molar-refractivity contribution in [2.75, 3.05) is 0 Å². The summed E-state index contributed by atoms with van der Waals surface area (Å²) in [5, 5.41) is 0. The maximum Gasteiger partial charge on any atom is 0.329 e. The van der Waals surface area contributed by atoms with Gasteiger partial charge in [0.15, 0.2) is 0 Å². The Morgan fingerprint density at radius 1 is 1.12 bits per heavy atom. The van der Waals surface area contributed by atoms with E-state index in [0.29, 0.717) is 11.1 Å². The van der Waals surface area contributed by atoms with Crippen molar-refractivity contribution in [1.82, 2.24) is 9.55 Å². The molecule has 0 aliphatic rings. The highest BCUT2D eigenvalue weighted by Gasteiger charge is 2.24. The Kier molecular flexibility index (Phi) is 5.80. The van der Waals surface area contributed by atoms with Crippen molar-refractivity contribution in [3.8, 4) is 0 Å². The molecule has 0 atom stereocenters. The predicted molar refractivity (Wildman–Crippen MR) is 104 cm³/mol. The van der Waals surface area contributed by atoms with E-state index in [-0.39, 0.29) is 23.9 Å². The molecule has 1 N–H and O–H groups in total. The van der Waals surface area contributed by atoms with Crippen LogP contribution in [0.1, 0.15) is 66.4 Å². The molecule has 1 aromatic heterocycles. The Hall–Kier alpha value is -2.69. The zero-order chi connectivity index (χ0) is 19.6. The SMILES string of the molecule is CC(C)=CCn1c(C(=O)c2cc(C)cc(C)c2)c(C(C)C)c(=O)[nH]c1=O. The van der Waals surface area contributed by atoms with Crippen LogP contribution in [-0.4, -0.2) is 15.3 Å². The minimum absolute atomic E-state index is 0.177. The molecule has 0 saturated heterocycles. The molecule has 0 radical (unpaired) electrons. The topological polar surface area (TPSA) is 71.9 Å². The van der Waals surface area contributed by atoms with Crippen LogP contribution in [-0.2, 0) is 6.54 Å². The first-order chi connectivity index (χ1) is 12.1. The summed E-state index contributed by atoms with van der Waals surface area (Å²) in [7, 11) is 0. The van der Waals surface area contributed by atoms with E-state index in [2.05, 4.69) is 4.98 Å². The molecule has 0 aliphatic heterocycles. The zero-order valence-corrected chi connectivity index (χ0v) is 16.3. The second kappa shape index (κ2) is 7.68. The van der Waals surface area contributed by atoms with Crippen molar-refractivity contribution in [2.45, 2.75) is 54.0 Å². The predicted octanol–water partition coefficient (Wildman–Crippen LogP) is 3.47. The molecule has 0 bridgehead atoms. The van der Waals surface area contributed by atoms with Crippen molar-refractivity contribution in [2.24, 2.45) is 0 Å². The molecule has 138 valence electrons. The molecule has 2 aromatic rings. The van der Waals surface area contributed by atoms with Crippen molar-refractivity contribution >= 4 is 5.78 Å². The van der Waals surface area contributed by atoms with Gasteiger partial charge in [-0.2, -0.15) is 0 Å².